The molecule has 3 aliphatic rings. The molecule has 2 aromatic rings. The van der Waals surface area contributed by atoms with Crippen LogP contribution in [0.2, 0.25) is 18.1 Å². The Morgan fingerprint density at radius 3 is 2.50 bits per heavy atom. The first-order chi connectivity index (χ1) is 17.0. The lowest BCUT2D eigenvalue weighted by Crippen LogP contribution is -2.48. The van der Waals surface area contributed by atoms with E-state index in [4.69, 9.17) is 13.9 Å². The van der Waals surface area contributed by atoms with Gasteiger partial charge in [-0.1, -0.05) is 57.2 Å². The molecule has 1 saturated carbocycles. The lowest BCUT2D eigenvalue weighted by Gasteiger charge is -2.48. The number of nitrogens with zero attached hydrogens (tertiary/aromatic N) is 1. The summed E-state index contributed by atoms with van der Waals surface area (Å²) in [7, 11) is 1.76. The van der Waals surface area contributed by atoms with Crippen LogP contribution in [-0.4, -0.2) is 45.7 Å². The number of ether oxygens (including phenoxy) is 2. The van der Waals surface area contributed by atoms with E-state index in [1.165, 1.54) is 5.56 Å². The van der Waals surface area contributed by atoms with E-state index in [0.717, 1.165) is 42.0 Å². The average molecular weight is 508 g/mol. The molecule has 0 bridgehead atoms. The standard InChI is InChI=1S/C30H41NO4Si/c1-29(2,3)36(6,7)35-25-18-21-17-23(32)28-30(21,15-16-31(28)4)26-22(25)13-14-24(33-5)27(26)34-19-20-11-9-8-10-12-20/h8-14,21,25,28H,15-19H2,1-7H3/t21-,25-,28-,30+/m0/s1. The number of fused-ring (bicyclic) bond motifs is 1. The van der Waals surface area contributed by atoms with Crippen molar-refractivity contribution in [2.45, 2.75) is 82.3 Å². The van der Waals surface area contributed by atoms with E-state index < -0.39 is 8.32 Å². The average Bonchev–Trinajstić information content (AvgIpc) is 3.32. The third kappa shape index (κ3) is 3.93. The second kappa shape index (κ2) is 9.00. The van der Waals surface area contributed by atoms with Crippen LogP contribution in [0.25, 0.3) is 0 Å². The topological polar surface area (TPSA) is 48.0 Å². The third-order valence-electron chi connectivity index (χ3n) is 9.44. The lowest BCUT2D eigenvalue weighted by molar-refractivity contribution is -0.121. The molecule has 6 heteroatoms. The van der Waals surface area contributed by atoms with Crippen molar-refractivity contribution >= 4 is 14.1 Å². The molecule has 2 aliphatic carbocycles. The van der Waals surface area contributed by atoms with Crippen LogP contribution in [0.3, 0.4) is 0 Å². The third-order valence-corrected chi connectivity index (χ3v) is 13.9. The van der Waals surface area contributed by atoms with E-state index in [-0.39, 0.29) is 28.5 Å². The number of Topliss-reactive ketones (excluding diaryl/α,β-unsaturated/α-hetero) is 1. The molecule has 0 aromatic heterocycles. The van der Waals surface area contributed by atoms with Crippen LogP contribution in [-0.2, 0) is 21.2 Å². The van der Waals surface area contributed by atoms with Crippen LogP contribution >= 0.6 is 0 Å². The van der Waals surface area contributed by atoms with Crippen molar-refractivity contribution in [1.29, 1.82) is 0 Å². The number of hydrogen-bond donors (Lipinski definition) is 0. The summed E-state index contributed by atoms with van der Waals surface area (Å²) in [6.07, 6.45) is 2.42. The Morgan fingerprint density at radius 2 is 1.83 bits per heavy atom. The Morgan fingerprint density at radius 1 is 1.11 bits per heavy atom. The summed E-state index contributed by atoms with van der Waals surface area (Å²) in [6, 6.07) is 14.4. The van der Waals surface area contributed by atoms with Gasteiger partial charge in [0.05, 0.1) is 19.3 Å². The first-order valence-electron chi connectivity index (χ1n) is 13.3. The van der Waals surface area contributed by atoms with Crippen LogP contribution in [0.1, 0.15) is 62.8 Å². The summed E-state index contributed by atoms with van der Waals surface area (Å²) in [4.78, 5) is 15.8. The number of likely N-dealkylation sites (N-methyl/N-ethyl adjacent to an activating group) is 1. The number of carbonyl (C=O) groups is 1. The monoisotopic (exact) mass is 507 g/mol. The maximum absolute atomic E-state index is 13.5. The summed E-state index contributed by atoms with van der Waals surface area (Å²) >= 11 is 0. The number of ketones is 1. The van der Waals surface area contributed by atoms with Gasteiger partial charge >= 0.3 is 0 Å². The Balaban J connectivity index is 1.67. The number of carbonyl (C=O) groups excluding carboxylic acids is 1. The van der Waals surface area contributed by atoms with Crippen molar-refractivity contribution in [1.82, 2.24) is 4.90 Å². The highest BCUT2D eigenvalue weighted by atomic mass is 28.4. The number of hydrogen-bond acceptors (Lipinski definition) is 5. The Labute approximate surface area is 217 Å². The predicted molar refractivity (Wildman–Crippen MR) is 145 cm³/mol. The normalized spacial score (nSPS) is 28.0. The Kier molecular flexibility index (Phi) is 6.37. The molecule has 0 radical (unpaired) electrons. The van der Waals surface area contributed by atoms with Gasteiger partial charge in [0.2, 0.25) is 0 Å². The Hall–Kier alpha value is -2.15. The molecule has 0 unspecified atom stereocenters. The van der Waals surface area contributed by atoms with Crippen LogP contribution in [0.5, 0.6) is 11.5 Å². The molecular formula is C30H41NO4Si. The largest absolute Gasteiger partial charge is 0.493 e. The number of likely N-dealkylation sites (tertiary alicyclic amines) is 1. The van der Waals surface area contributed by atoms with Gasteiger partial charge in [-0.05, 0) is 67.7 Å². The first kappa shape index (κ1) is 25.5. The van der Waals surface area contributed by atoms with Gasteiger partial charge in [0.15, 0.2) is 25.6 Å². The fourth-order valence-corrected chi connectivity index (χ4v) is 7.96. The molecular weight excluding hydrogens is 466 g/mol. The van der Waals surface area contributed by atoms with Crippen molar-refractivity contribution in [2.24, 2.45) is 5.92 Å². The SMILES string of the molecule is COc1ccc2c(c1OCc1ccccc1)[C@]13CCN(C)[C@H]1C(=O)C[C@H]3C[C@@H]2O[Si](C)(C)C(C)(C)C. The minimum absolute atomic E-state index is 0.0426. The van der Waals surface area contributed by atoms with Gasteiger partial charge in [-0.15, -0.1) is 0 Å². The molecule has 1 heterocycles. The molecule has 1 aliphatic heterocycles. The summed E-state index contributed by atoms with van der Waals surface area (Å²) in [6.45, 7) is 12.9. The minimum Gasteiger partial charge on any atom is -0.493 e. The lowest BCUT2D eigenvalue weighted by atomic mass is 9.61. The van der Waals surface area contributed by atoms with E-state index >= 15 is 0 Å². The first-order valence-corrected chi connectivity index (χ1v) is 16.2. The van der Waals surface area contributed by atoms with Crippen LogP contribution in [0.15, 0.2) is 42.5 Å². The highest BCUT2D eigenvalue weighted by Gasteiger charge is 2.64. The van der Waals surface area contributed by atoms with Gasteiger partial charge in [0.1, 0.15) is 6.61 Å². The van der Waals surface area contributed by atoms with Crippen LogP contribution in [0, 0.1) is 5.92 Å². The van der Waals surface area contributed by atoms with Crippen molar-refractivity contribution in [3.05, 3.63) is 59.2 Å². The molecule has 36 heavy (non-hydrogen) atoms. The molecule has 2 aromatic carbocycles. The van der Waals surface area contributed by atoms with Gasteiger partial charge < -0.3 is 13.9 Å². The van der Waals surface area contributed by atoms with E-state index in [9.17, 15) is 4.79 Å². The van der Waals surface area contributed by atoms with Crippen molar-refractivity contribution in [2.75, 3.05) is 20.7 Å². The molecule has 5 rings (SSSR count). The highest BCUT2D eigenvalue weighted by Crippen LogP contribution is 2.63. The van der Waals surface area contributed by atoms with Crippen molar-refractivity contribution in [3.8, 4) is 11.5 Å². The fourth-order valence-electron chi connectivity index (χ4n) is 6.67. The van der Waals surface area contributed by atoms with E-state index in [0.29, 0.717) is 18.8 Å². The quantitative estimate of drug-likeness (QED) is 0.431. The second-order valence-corrected chi connectivity index (χ2v) is 17.2. The van der Waals surface area contributed by atoms with Crippen LogP contribution < -0.4 is 9.47 Å². The van der Waals surface area contributed by atoms with Crippen LogP contribution in [0.4, 0.5) is 0 Å². The van der Waals surface area contributed by atoms with E-state index in [1.54, 1.807) is 7.11 Å². The maximum Gasteiger partial charge on any atom is 0.192 e. The molecule has 2 fully saturated rings. The Bertz CT molecular complexity index is 1140. The molecule has 194 valence electrons. The predicted octanol–water partition coefficient (Wildman–Crippen LogP) is 6.27. The van der Waals surface area contributed by atoms with Crippen molar-refractivity contribution < 1.29 is 18.7 Å². The second-order valence-electron chi connectivity index (χ2n) is 12.5. The van der Waals surface area contributed by atoms with Gasteiger partial charge in [-0.25, -0.2) is 0 Å². The summed E-state index contributed by atoms with van der Waals surface area (Å²) in [5.74, 6) is 2.13. The molecule has 0 amide bonds. The van der Waals surface area contributed by atoms with Gasteiger partial charge in [0.25, 0.3) is 0 Å². The van der Waals surface area contributed by atoms with Gasteiger partial charge in [0, 0.05) is 17.4 Å². The molecule has 0 N–H and O–H groups in total. The van der Waals surface area contributed by atoms with Crippen molar-refractivity contribution in [3.63, 3.8) is 0 Å². The number of rotatable bonds is 6. The zero-order valence-corrected chi connectivity index (χ0v) is 23.9. The molecule has 5 nitrogen and oxygen atoms in total. The van der Waals surface area contributed by atoms with Gasteiger partial charge in [-0.2, -0.15) is 0 Å². The highest BCUT2D eigenvalue weighted by molar-refractivity contribution is 6.74. The number of methoxy groups -OCH3 is 1. The maximum atomic E-state index is 13.5. The fraction of sp³-hybridized carbons (Fsp3) is 0.567. The smallest absolute Gasteiger partial charge is 0.192 e. The van der Waals surface area contributed by atoms with E-state index in [2.05, 4.69) is 64.0 Å². The summed E-state index contributed by atoms with van der Waals surface area (Å²) in [5.41, 5.74) is 3.21. The molecule has 4 atom stereocenters. The summed E-state index contributed by atoms with van der Waals surface area (Å²) in [5, 5.41) is 0.100. The van der Waals surface area contributed by atoms with E-state index in [1.807, 2.05) is 24.3 Å². The molecule has 1 saturated heterocycles. The molecule has 1 spiro atoms. The van der Waals surface area contributed by atoms with Gasteiger partial charge in [-0.3, -0.25) is 9.69 Å². The summed E-state index contributed by atoms with van der Waals surface area (Å²) < 4.78 is 19.6. The number of benzene rings is 2. The zero-order valence-electron chi connectivity index (χ0n) is 22.9. The zero-order chi connectivity index (χ0) is 25.9. The minimum atomic E-state index is -2.05.